The molecule has 0 saturated heterocycles. The molecule has 0 aromatic carbocycles. The summed E-state index contributed by atoms with van der Waals surface area (Å²) >= 11 is 1.75. The second-order valence-corrected chi connectivity index (χ2v) is 5.02. The zero-order chi connectivity index (χ0) is 10.6. The molecule has 0 aliphatic heterocycles. The minimum Gasteiger partial charge on any atom is -0.393 e. The molecule has 1 atom stereocenters. The molecule has 80 valence electrons. The first kappa shape index (κ1) is 11.7. The second-order valence-electron chi connectivity index (χ2n) is 3.73. The van der Waals surface area contributed by atoms with Gasteiger partial charge in [-0.1, -0.05) is 13.3 Å². The fourth-order valence-corrected chi connectivity index (χ4v) is 2.36. The summed E-state index contributed by atoms with van der Waals surface area (Å²) in [7, 11) is 0. The van der Waals surface area contributed by atoms with Gasteiger partial charge in [0.15, 0.2) is 0 Å². The van der Waals surface area contributed by atoms with Crippen LogP contribution in [-0.4, -0.2) is 16.2 Å². The highest BCUT2D eigenvalue weighted by Crippen LogP contribution is 2.18. The SMILES string of the molecule is CCCC(O)CCc1nc(C)c(C)s1. The zero-order valence-electron chi connectivity index (χ0n) is 9.21. The lowest BCUT2D eigenvalue weighted by molar-refractivity contribution is 0.154. The van der Waals surface area contributed by atoms with Crippen molar-refractivity contribution in [1.82, 2.24) is 4.98 Å². The van der Waals surface area contributed by atoms with Gasteiger partial charge in [-0.3, -0.25) is 0 Å². The van der Waals surface area contributed by atoms with Gasteiger partial charge < -0.3 is 5.11 Å². The van der Waals surface area contributed by atoms with E-state index in [0.717, 1.165) is 36.4 Å². The highest BCUT2D eigenvalue weighted by molar-refractivity contribution is 7.11. The summed E-state index contributed by atoms with van der Waals surface area (Å²) in [5.74, 6) is 0. The number of thiazole rings is 1. The maximum absolute atomic E-state index is 9.56. The van der Waals surface area contributed by atoms with Gasteiger partial charge in [0.2, 0.25) is 0 Å². The monoisotopic (exact) mass is 213 g/mol. The molecule has 0 radical (unpaired) electrons. The fourth-order valence-electron chi connectivity index (χ4n) is 1.41. The Bertz CT molecular complexity index is 263. The van der Waals surface area contributed by atoms with Crippen molar-refractivity contribution in [3.05, 3.63) is 15.6 Å². The minimum atomic E-state index is -0.149. The molecule has 0 aliphatic carbocycles. The first-order valence-corrected chi connectivity index (χ1v) is 6.06. The van der Waals surface area contributed by atoms with Gasteiger partial charge in [0.05, 0.1) is 16.8 Å². The molecule has 0 aliphatic rings. The topological polar surface area (TPSA) is 33.1 Å². The van der Waals surface area contributed by atoms with E-state index < -0.39 is 0 Å². The quantitative estimate of drug-likeness (QED) is 0.816. The highest BCUT2D eigenvalue weighted by Gasteiger charge is 2.07. The van der Waals surface area contributed by atoms with E-state index in [1.54, 1.807) is 11.3 Å². The van der Waals surface area contributed by atoms with Gasteiger partial charge in [-0.2, -0.15) is 0 Å². The van der Waals surface area contributed by atoms with Crippen LogP contribution in [0.1, 0.15) is 41.8 Å². The summed E-state index contributed by atoms with van der Waals surface area (Å²) in [6, 6.07) is 0. The van der Waals surface area contributed by atoms with Crippen LogP contribution in [0.2, 0.25) is 0 Å². The predicted molar refractivity (Wildman–Crippen MR) is 60.8 cm³/mol. The number of nitrogens with zero attached hydrogens (tertiary/aromatic N) is 1. The standard InChI is InChI=1S/C11H19NOS/c1-4-5-10(13)6-7-11-12-8(2)9(3)14-11/h10,13H,4-7H2,1-3H3. The normalized spacial score (nSPS) is 13.1. The van der Waals surface area contributed by atoms with E-state index in [9.17, 15) is 5.11 Å². The van der Waals surface area contributed by atoms with Crippen LogP contribution in [0, 0.1) is 13.8 Å². The smallest absolute Gasteiger partial charge is 0.0931 e. The lowest BCUT2D eigenvalue weighted by atomic mass is 10.1. The van der Waals surface area contributed by atoms with Crippen LogP contribution < -0.4 is 0 Å². The molecule has 0 fully saturated rings. The molecular weight excluding hydrogens is 194 g/mol. The molecule has 1 aromatic heterocycles. The van der Waals surface area contributed by atoms with E-state index in [0.29, 0.717) is 0 Å². The van der Waals surface area contributed by atoms with Gasteiger partial charge in [0.25, 0.3) is 0 Å². The number of aryl methyl sites for hydroxylation is 3. The van der Waals surface area contributed by atoms with E-state index in [4.69, 9.17) is 0 Å². The molecule has 0 bridgehead atoms. The predicted octanol–water partition coefficient (Wildman–Crippen LogP) is 2.85. The van der Waals surface area contributed by atoms with E-state index in [1.807, 2.05) is 6.92 Å². The minimum absolute atomic E-state index is 0.149. The van der Waals surface area contributed by atoms with Gasteiger partial charge in [-0.15, -0.1) is 11.3 Å². The molecule has 1 rings (SSSR count). The average Bonchev–Trinajstić information content (AvgIpc) is 2.44. The summed E-state index contributed by atoms with van der Waals surface area (Å²) in [6.45, 7) is 6.23. The number of aliphatic hydroxyl groups is 1. The number of hydrogen-bond donors (Lipinski definition) is 1. The molecule has 14 heavy (non-hydrogen) atoms. The average molecular weight is 213 g/mol. The van der Waals surface area contributed by atoms with Crippen molar-refractivity contribution in [1.29, 1.82) is 0 Å². The summed E-state index contributed by atoms with van der Waals surface area (Å²) < 4.78 is 0. The van der Waals surface area contributed by atoms with E-state index >= 15 is 0 Å². The Kier molecular flexibility index (Phi) is 4.55. The molecule has 3 heteroatoms. The summed E-state index contributed by atoms with van der Waals surface area (Å²) in [4.78, 5) is 5.75. The molecule has 0 spiro atoms. The molecule has 2 nitrogen and oxygen atoms in total. The van der Waals surface area contributed by atoms with Crippen LogP contribution >= 0.6 is 11.3 Å². The van der Waals surface area contributed by atoms with Gasteiger partial charge >= 0.3 is 0 Å². The number of aromatic nitrogens is 1. The molecule has 0 amide bonds. The molecule has 0 saturated carbocycles. The van der Waals surface area contributed by atoms with Crippen molar-refractivity contribution in [2.45, 2.75) is 52.6 Å². The lowest BCUT2D eigenvalue weighted by Gasteiger charge is -2.06. The Hall–Kier alpha value is -0.410. The first-order valence-electron chi connectivity index (χ1n) is 5.24. The van der Waals surface area contributed by atoms with Gasteiger partial charge in [-0.25, -0.2) is 4.98 Å². The number of aliphatic hydroxyl groups excluding tert-OH is 1. The Balaban J connectivity index is 2.38. The molecule has 1 aromatic rings. The first-order chi connectivity index (χ1) is 6.63. The van der Waals surface area contributed by atoms with E-state index in [1.165, 1.54) is 4.88 Å². The van der Waals surface area contributed by atoms with Crippen LogP contribution in [0.3, 0.4) is 0 Å². The number of hydrogen-bond acceptors (Lipinski definition) is 3. The Morgan fingerprint density at radius 2 is 2.07 bits per heavy atom. The third-order valence-electron chi connectivity index (χ3n) is 2.39. The third kappa shape index (κ3) is 3.39. The van der Waals surface area contributed by atoms with Crippen LogP contribution in [0.15, 0.2) is 0 Å². The Labute approximate surface area is 90.0 Å². The van der Waals surface area contributed by atoms with Crippen molar-refractivity contribution in [2.24, 2.45) is 0 Å². The van der Waals surface area contributed by atoms with Crippen LogP contribution in [-0.2, 0) is 6.42 Å². The van der Waals surface area contributed by atoms with Crippen molar-refractivity contribution in [2.75, 3.05) is 0 Å². The highest BCUT2D eigenvalue weighted by atomic mass is 32.1. The van der Waals surface area contributed by atoms with Crippen molar-refractivity contribution < 1.29 is 5.11 Å². The molecule has 1 N–H and O–H groups in total. The third-order valence-corrected chi connectivity index (χ3v) is 3.52. The zero-order valence-corrected chi connectivity index (χ0v) is 10.0. The lowest BCUT2D eigenvalue weighted by Crippen LogP contribution is -2.06. The molecule has 1 heterocycles. The largest absolute Gasteiger partial charge is 0.393 e. The second kappa shape index (κ2) is 5.47. The van der Waals surface area contributed by atoms with E-state index in [2.05, 4.69) is 18.8 Å². The van der Waals surface area contributed by atoms with Gasteiger partial charge in [0, 0.05) is 11.3 Å². The summed E-state index contributed by atoms with van der Waals surface area (Å²) in [5.41, 5.74) is 1.13. The van der Waals surface area contributed by atoms with Crippen LogP contribution in [0.25, 0.3) is 0 Å². The van der Waals surface area contributed by atoms with E-state index in [-0.39, 0.29) is 6.10 Å². The van der Waals surface area contributed by atoms with Crippen molar-refractivity contribution in [3.63, 3.8) is 0 Å². The molecule has 1 unspecified atom stereocenters. The fraction of sp³-hybridized carbons (Fsp3) is 0.727. The van der Waals surface area contributed by atoms with Gasteiger partial charge in [-0.05, 0) is 26.7 Å². The van der Waals surface area contributed by atoms with Crippen LogP contribution in [0.5, 0.6) is 0 Å². The van der Waals surface area contributed by atoms with Crippen LogP contribution in [0.4, 0.5) is 0 Å². The number of rotatable bonds is 5. The van der Waals surface area contributed by atoms with Gasteiger partial charge in [0.1, 0.15) is 0 Å². The Morgan fingerprint density at radius 3 is 2.57 bits per heavy atom. The summed E-state index contributed by atoms with van der Waals surface area (Å²) in [5, 5.41) is 10.7. The maximum Gasteiger partial charge on any atom is 0.0931 e. The summed E-state index contributed by atoms with van der Waals surface area (Å²) in [6.07, 6.45) is 3.57. The Morgan fingerprint density at radius 1 is 1.36 bits per heavy atom. The maximum atomic E-state index is 9.56. The molecular formula is C11H19NOS. The van der Waals surface area contributed by atoms with Crippen molar-refractivity contribution in [3.8, 4) is 0 Å². The van der Waals surface area contributed by atoms with Crippen molar-refractivity contribution >= 4 is 11.3 Å².